The molecule has 2 aromatic carbocycles. The highest BCUT2D eigenvalue weighted by molar-refractivity contribution is 9.10. The molecular weight excluding hydrogens is 361 g/mol. The molecule has 0 radical (unpaired) electrons. The Balaban J connectivity index is 0.000000924. The summed E-state index contributed by atoms with van der Waals surface area (Å²) in [5.41, 5.74) is 1.64. The molecule has 2 aromatic rings. The first-order valence-corrected chi connectivity index (χ1v) is 8.11. The highest BCUT2D eigenvalue weighted by atomic mass is 79.9. The van der Waals surface area contributed by atoms with Gasteiger partial charge in [-0.15, -0.1) is 0 Å². The fraction of sp³-hybridized carbons (Fsp3) is 0.222. The van der Waals surface area contributed by atoms with Crippen molar-refractivity contribution in [1.29, 1.82) is 5.26 Å². The van der Waals surface area contributed by atoms with Crippen LogP contribution in [0.5, 0.6) is 11.5 Å². The maximum Gasteiger partial charge on any atom is 0.164 e. The van der Waals surface area contributed by atoms with E-state index >= 15 is 0 Å². The summed E-state index contributed by atoms with van der Waals surface area (Å²) in [5, 5.41) is 8.86. The molecule has 0 saturated carbocycles. The number of fused-ring (bicyclic) bond motifs is 1. The van der Waals surface area contributed by atoms with Crippen molar-refractivity contribution < 1.29 is 13.9 Å². The summed E-state index contributed by atoms with van der Waals surface area (Å²) in [7, 11) is 0. The first kappa shape index (κ1) is 17.2. The third-order valence-electron chi connectivity index (χ3n) is 3.33. The van der Waals surface area contributed by atoms with Crippen molar-refractivity contribution in [1.82, 2.24) is 0 Å². The van der Waals surface area contributed by atoms with Gasteiger partial charge in [0.05, 0.1) is 11.6 Å². The van der Waals surface area contributed by atoms with E-state index in [1.807, 2.05) is 19.9 Å². The van der Waals surface area contributed by atoms with Crippen molar-refractivity contribution >= 4 is 21.7 Å². The summed E-state index contributed by atoms with van der Waals surface area (Å²) in [6, 6.07) is 9.18. The fourth-order valence-corrected chi connectivity index (χ4v) is 3.01. The second-order valence-electron chi connectivity index (χ2n) is 4.71. The lowest BCUT2D eigenvalue weighted by Crippen LogP contribution is -1.96. The van der Waals surface area contributed by atoms with Crippen LogP contribution in [-0.2, 0) is 6.42 Å². The Morgan fingerprint density at radius 2 is 1.96 bits per heavy atom. The van der Waals surface area contributed by atoms with E-state index in [9.17, 15) is 9.18 Å². The molecule has 0 amide bonds. The van der Waals surface area contributed by atoms with Gasteiger partial charge in [-0.2, -0.15) is 5.26 Å². The van der Waals surface area contributed by atoms with Crippen LogP contribution >= 0.6 is 15.9 Å². The Morgan fingerprint density at radius 3 is 2.65 bits per heavy atom. The molecule has 0 aromatic heterocycles. The molecule has 0 saturated heterocycles. The maximum atomic E-state index is 13.4. The normalized spacial score (nSPS) is 12.0. The molecule has 0 unspecified atom stereocenters. The first-order chi connectivity index (χ1) is 11.1. The third-order valence-corrected chi connectivity index (χ3v) is 3.99. The number of nitrogens with zero attached hydrogens (tertiary/aromatic N) is 1. The summed E-state index contributed by atoms with van der Waals surface area (Å²) in [4.78, 5) is 11.9. The molecule has 5 heteroatoms. The molecule has 1 aliphatic rings. The number of hydrogen-bond donors (Lipinski definition) is 0. The molecule has 23 heavy (non-hydrogen) atoms. The van der Waals surface area contributed by atoms with E-state index in [-0.39, 0.29) is 17.1 Å². The highest BCUT2D eigenvalue weighted by Gasteiger charge is 2.26. The maximum absolute atomic E-state index is 13.4. The number of ether oxygens (including phenoxy) is 1. The molecule has 0 spiro atoms. The van der Waals surface area contributed by atoms with Crippen molar-refractivity contribution in [3.8, 4) is 17.6 Å². The average molecular weight is 376 g/mol. The molecular formula is C18H15BrFNO2. The number of carbonyl (C=O) groups excluding carboxylic acids is 1. The van der Waals surface area contributed by atoms with E-state index in [0.717, 1.165) is 16.1 Å². The fourth-order valence-electron chi connectivity index (χ4n) is 2.42. The number of carbonyl (C=O) groups is 1. The third kappa shape index (κ3) is 3.59. The lowest BCUT2D eigenvalue weighted by molar-refractivity contribution is 0.0994. The van der Waals surface area contributed by atoms with Crippen molar-refractivity contribution in [2.75, 3.05) is 0 Å². The van der Waals surface area contributed by atoms with E-state index in [1.54, 1.807) is 12.1 Å². The summed E-state index contributed by atoms with van der Waals surface area (Å²) in [6.07, 6.45) is 1.05. The second-order valence-corrected chi connectivity index (χ2v) is 5.57. The van der Waals surface area contributed by atoms with Crippen molar-refractivity contribution in [2.24, 2.45) is 0 Å². The molecule has 118 valence electrons. The van der Waals surface area contributed by atoms with Gasteiger partial charge in [-0.05, 0) is 30.7 Å². The Labute approximate surface area is 142 Å². The second kappa shape index (κ2) is 7.38. The largest absolute Gasteiger partial charge is 0.457 e. The minimum absolute atomic E-state index is 0.0688. The number of Topliss-reactive ketones (excluding diaryl/α,β-unsaturated/α-hetero) is 1. The van der Waals surface area contributed by atoms with Crippen LogP contribution in [-0.4, -0.2) is 5.78 Å². The van der Waals surface area contributed by atoms with Crippen molar-refractivity contribution in [2.45, 2.75) is 26.7 Å². The summed E-state index contributed by atoms with van der Waals surface area (Å²) in [6.45, 7) is 4.00. The number of ketones is 1. The molecule has 0 heterocycles. The molecule has 0 bridgehead atoms. The first-order valence-electron chi connectivity index (χ1n) is 7.31. The van der Waals surface area contributed by atoms with Gasteiger partial charge in [-0.1, -0.05) is 29.8 Å². The molecule has 0 atom stereocenters. The molecule has 1 aliphatic carbocycles. The number of hydrogen-bond acceptors (Lipinski definition) is 3. The van der Waals surface area contributed by atoms with Crippen molar-refractivity contribution in [3.63, 3.8) is 0 Å². The molecule has 3 rings (SSSR count). The zero-order valence-corrected chi connectivity index (χ0v) is 14.4. The average Bonchev–Trinajstić information content (AvgIpc) is 2.94. The van der Waals surface area contributed by atoms with Crippen LogP contribution < -0.4 is 4.74 Å². The summed E-state index contributed by atoms with van der Waals surface area (Å²) >= 11 is 3.36. The van der Waals surface area contributed by atoms with E-state index in [1.165, 1.54) is 12.1 Å². The van der Waals surface area contributed by atoms with E-state index in [2.05, 4.69) is 15.9 Å². The van der Waals surface area contributed by atoms with E-state index in [0.29, 0.717) is 24.2 Å². The van der Waals surface area contributed by atoms with Gasteiger partial charge < -0.3 is 4.74 Å². The van der Waals surface area contributed by atoms with Crippen LogP contribution in [0.15, 0.2) is 34.8 Å². The highest BCUT2D eigenvalue weighted by Crippen LogP contribution is 2.37. The van der Waals surface area contributed by atoms with Crippen LogP contribution in [0.3, 0.4) is 0 Å². The van der Waals surface area contributed by atoms with Crippen LogP contribution in [0.25, 0.3) is 0 Å². The number of rotatable bonds is 2. The monoisotopic (exact) mass is 375 g/mol. The van der Waals surface area contributed by atoms with Crippen LogP contribution in [0.2, 0.25) is 0 Å². The lowest BCUT2D eigenvalue weighted by atomic mass is 10.1. The zero-order chi connectivity index (χ0) is 17.0. The van der Waals surface area contributed by atoms with Crippen LogP contribution in [0.4, 0.5) is 4.39 Å². The predicted octanol–water partition coefficient (Wildman–Crippen LogP) is 5.41. The summed E-state index contributed by atoms with van der Waals surface area (Å²) in [5.74, 6) is 0.303. The lowest BCUT2D eigenvalue weighted by Gasteiger charge is -2.11. The van der Waals surface area contributed by atoms with Gasteiger partial charge in [-0.3, -0.25) is 4.79 Å². The van der Waals surface area contributed by atoms with Gasteiger partial charge in [-0.25, -0.2) is 4.39 Å². The standard InChI is InChI=1S/C16H9BrFNO2.C2H6/c17-13-2-4-15(12-1-3-14(20)16(12)13)21-11-6-9(8-19)5-10(18)7-11;1-2/h2,4-7H,1,3H2;1-2H3. The Bertz CT molecular complexity index is 796. The van der Waals surface area contributed by atoms with E-state index < -0.39 is 5.82 Å². The Morgan fingerprint density at radius 1 is 1.22 bits per heavy atom. The minimum Gasteiger partial charge on any atom is -0.457 e. The van der Waals surface area contributed by atoms with Crippen LogP contribution in [0.1, 0.15) is 41.8 Å². The van der Waals surface area contributed by atoms with E-state index in [4.69, 9.17) is 10.00 Å². The predicted molar refractivity (Wildman–Crippen MR) is 89.3 cm³/mol. The van der Waals surface area contributed by atoms with Crippen LogP contribution in [0, 0.1) is 17.1 Å². The van der Waals surface area contributed by atoms with Gasteiger partial charge in [0.2, 0.25) is 0 Å². The number of benzene rings is 2. The van der Waals surface area contributed by atoms with Gasteiger partial charge in [0.15, 0.2) is 5.78 Å². The van der Waals surface area contributed by atoms with Gasteiger partial charge in [0.1, 0.15) is 17.3 Å². The SMILES string of the molecule is CC.N#Cc1cc(F)cc(Oc2ccc(Br)c3c2CCC3=O)c1. The van der Waals surface area contributed by atoms with Gasteiger partial charge in [0.25, 0.3) is 0 Å². The molecule has 0 N–H and O–H groups in total. The summed E-state index contributed by atoms with van der Waals surface area (Å²) < 4.78 is 19.8. The minimum atomic E-state index is -0.533. The number of halogens is 2. The Hall–Kier alpha value is -2.19. The molecule has 0 aliphatic heterocycles. The van der Waals surface area contributed by atoms with Crippen molar-refractivity contribution in [3.05, 3.63) is 57.3 Å². The smallest absolute Gasteiger partial charge is 0.164 e. The topological polar surface area (TPSA) is 50.1 Å². The zero-order valence-electron chi connectivity index (χ0n) is 12.8. The quantitative estimate of drug-likeness (QED) is 0.705. The van der Waals surface area contributed by atoms with Gasteiger partial charge in [0, 0.05) is 28.1 Å². The molecule has 3 nitrogen and oxygen atoms in total. The molecule has 0 fully saturated rings. The van der Waals surface area contributed by atoms with Gasteiger partial charge >= 0.3 is 0 Å². The Kier molecular flexibility index (Phi) is 5.51. The number of nitriles is 1.